The highest BCUT2D eigenvalue weighted by Gasteiger charge is 2.30. The van der Waals surface area contributed by atoms with E-state index >= 15 is 0 Å². The molecule has 6 heteroatoms. The Hall–Kier alpha value is -0.690. The molecule has 0 aliphatic carbocycles. The summed E-state index contributed by atoms with van der Waals surface area (Å²) in [5.74, 6) is 0.255. The first kappa shape index (κ1) is 15.7. The molecule has 20 heavy (non-hydrogen) atoms. The zero-order chi connectivity index (χ0) is 14.4. The molecule has 6 nitrogen and oxygen atoms in total. The molecule has 3 N–H and O–H groups in total. The summed E-state index contributed by atoms with van der Waals surface area (Å²) in [7, 11) is 1.71. The Bertz CT molecular complexity index is 308. The molecule has 0 aromatic heterocycles. The molecule has 0 aromatic carbocycles. The normalized spacial score (nSPS) is 26.6. The molecule has 2 saturated heterocycles. The number of nitrogens with one attached hydrogen (secondary N) is 1. The molecule has 2 aliphatic rings. The molecule has 0 aromatic rings. The van der Waals surface area contributed by atoms with Gasteiger partial charge in [-0.25, -0.2) is 0 Å². The summed E-state index contributed by atoms with van der Waals surface area (Å²) in [4.78, 5) is 14.5. The fourth-order valence-corrected chi connectivity index (χ4v) is 2.96. The second kappa shape index (κ2) is 7.93. The first-order chi connectivity index (χ1) is 9.70. The number of carbonyl (C=O) groups is 1. The van der Waals surface area contributed by atoms with Gasteiger partial charge in [0, 0.05) is 46.0 Å². The van der Waals surface area contributed by atoms with Gasteiger partial charge in [-0.15, -0.1) is 0 Å². The van der Waals surface area contributed by atoms with E-state index in [1.807, 2.05) is 0 Å². The van der Waals surface area contributed by atoms with Gasteiger partial charge in [0.2, 0.25) is 5.91 Å². The van der Waals surface area contributed by atoms with Crippen LogP contribution in [0.5, 0.6) is 0 Å². The van der Waals surface area contributed by atoms with Crippen LogP contribution in [-0.4, -0.2) is 69.5 Å². The first-order valence-corrected chi connectivity index (χ1v) is 7.55. The Balaban J connectivity index is 1.71. The van der Waals surface area contributed by atoms with Gasteiger partial charge in [0.15, 0.2) is 0 Å². The van der Waals surface area contributed by atoms with Gasteiger partial charge in [0.25, 0.3) is 0 Å². The quantitative estimate of drug-likeness (QED) is 0.693. The molecular formula is C14H27N3O3. The van der Waals surface area contributed by atoms with Gasteiger partial charge >= 0.3 is 0 Å². The third-order valence-corrected chi connectivity index (χ3v) is 4.31. The van der Waals surface area contributed by atoms with Crippen molar-refractivity contribution in [2.45, 2.75) is 31.3 Å². The summed E-state index contributed by atoms with van der Waals surface area (Å²) in [5.41, 5.74) is 6.08. The van der Waals surface area contributed by atoms with Gasteiger partial charge in [-0.3, -0.25) is 9.69 Å². The zero-order valence-electron chi connectivity index (χ0n) is 12.3. The minimum Gasteiger partial charge on any atom is -0.383 e. The van der Waals surface area contributed by atoms with Crippen LogP contribution in [0.15, 0.2) is 0 Å². The maximum absolute atomic E-state index is 12.2. The van der Waals surface area contributed by atoms with Gasteiger partial charge in [-0.1, -0.05) is 0 Å². The standard InChI is InChI=1S/C14H27N3O3/c1-19-9-6-17-5-2-12(10-17)16-14(18)13(15)11-3-7-20-8-4-11/h11-13H,2-10,15H2,1H3,(H,16,18). The van der Waals surface area contributed by atoms with Crippen molar-refractivity contribution in [2.24, 2.45) is 11.7 Å². The van der Waals surface area contributed by atoms with E-state index in [9.17, 15) is 4.79 Å². The van der Waals surface area contributed by atoms with Crippen LogP contribution >= 0.6 is 0 Å². The van der Waals surface area contributed by atoms with E-state index in [1.54, 1.807) is 7.11 Å². The van der Waals surface area contributed by atoms with Gasteiger partial charge in [-0.05, 0) is 25.2 Å². The Labute approximate surface area is 121 Å². The minimum absolute atomic E-state index is 0.00417. The van der Waals surface area contributed by atoms with Gasteiger partial charge < -0.3 is 20.5 Å². The highest BCUT2D eigenvalue weighted by atomic mass is 16.5. The predicted molar refractivity (Wildman–Crippen MR) is 76.4 cm³/mol. The number of hydrogen-bond donors (Lipinski definition) is 2. The van der Waals surface area contributed by atoms with Crippen molar-refractivity contribution in [3.8, 4) is 0 Å². The van der Waals surface area contributed by atoms with E-state index in [1.165, 1.54) is 0 Å². The van der Waals surface area contributed by atoms with Crippen LogP contribution < -0.4 is 11.1 Å². The highest BCUT2D eigenvalue weighted by Crippen LogP contribution is 2.18. The molecule has 0 bridgehead atoms. The van der Waals surface area contributed by atoms with E-state index in [0.717, 1.165) is 58.7 Å². The SMILES string of the molecule is COCCN1CCC(NC(=O)C(N)C2CCOCC2)C1. The molecule has 2 atom stereocenters. The highest BCUT2D eigenvalue weighted by molar-refractivity contribution is 5.82. The van der Waals surface area contributed by atoms with E-state index < -0.39 is 6.04 Å². The van der Waals surface area contributed by atoms with Crippen molar-refractivity contribution in [3.05, 3.63) is 0 Å². The van der Waals surface area contributed by atoms with Gasteiger partial charge in [0.1, 0.15) is 0 Å². The third-order valence-electron chi connectivity index (χ3n) is 4.31. The lowest BCUT2D eigenvalue weighted by Gasteiger charge is -2.27. The number of nitrogens with two attached hydrogens (primary N) is 1. The lowest BCUT2D eigenvalue weighted by Crippen LogP contribution is -2.50. The van der Waals surface area contributed by atoms with Crippen molar-refractivity contribution >= 4 is 5.91 Å². The predicted octanol–water partition coefficient (Wildman–Crippen LogP) is -0.423. The van der Waals surface area contributed by atoms with E-state index in [4.69, 9.17) is 15.2 Å². The Kier molecular flexibility index (Phi) is 6.22. The van der Waals surface area contributed by atoms with Crippen LogP contribution in [0, 0.1) is 5.92 Å². The number of likely N-dealkylation sites (tertiary alicyclic amines) is 1. The largest absolute Gasteiger partial charge is 0.383 e. The smallest absolute Gasteiger partial charge is 0.237 e. The summed E-state index contributed by atoms with van der Waals surface area (Å²) < 4.78 is 10.4. The lowest BCUT2D eigenvalue weighted by atomic mass is 9.91. The van der Waals surface area contributed by atoms with Crippen molar-refractivity contribution in [1.29, 1.82) is 0 Å². The maximum atomic E-state index is 12.2. The van der Waals surface area contributed by atoms with Crippen LogP contribution in [0.4, 0.5) is 0 Å². The van der Waals surface area contributed by atoms with Crippen molar-refractivity contribution in [1.82, 2.24) is 10.2 Å². The van der Waals surface area contributed by atoms with E-state index in [-0.39, 0.29) is 17.9 Å². The second-order valence-electron chi connectivity index (χ2n) is 5.76. The topological polar surface area (TPSA) is 76.8 Å². The molecule has 2 unspecified atom stereocenters. The second-order valence-corrected chi connectivity index (χ2v) is 5.76. The number of methoxy groups -OCH3 is 1. The summed E-state index contributed by atoms with van der Waals surface area (Å²) in [6.07, 6.45) is 2.77. The van der Waals surface area contributed by atoms with Crippen molar-refractivity contribution < 1.29 is 14.3 Å². The van der Waals surface area contributed by atoms with Crippen molar-refractivity contribution in [3.63, 3.8) is 0 Å². The zero-order valence-corrected chi connectivity index (χ0v) is 12.3. The molecule has 2 fully saturated rings. The monoisotopic (exact) mass is 285 g/mol. The van der Waals surface area contributed by atoms with Gasteiger partial charge in [0.05, 0.1) is 12.6 Å². The summed E-state index contributed by atoms with van der Waals surface area (Å²) >= 11 is 0. The Morgan fingerprint density at radius 1 is 1.45 bits per heavy atom. The van der Waals surface area contributed by atoms with Crippen LogP contribution in [-0.2, 0) is 14.3 Å². The lowest BCUT2D eigenvalue weighted by molar-refractivity contribution is -0.125. The average Bonchev–Trinajstić information content (AvgIpc) is 2.92. The van der Waals surface area contributed by atoms with E-state index in [0.29, 0.717) is 0 Å². The molecule has 0 saturated carbocycles. The van der Waals surface area contributed by atoms with Crippen molar-refractivity contribution in [2.75, 3.05) is 46.6 Å². The number of nitrogens with zero attached hydrogens (tertiary/aromatic N) is 1. The Morgan fingerprint density at radius 2 is 2.20 bits per heavy atom. The fourth-order valence-electron chi connectivity index (χ4n) is 2.96. The Morgan fingerprint density at radius 3 is 2.90 bits per heavy atom. The number of hydrogen-bond acceptors (Lipinski definition) is 5. The molecule has 116 valence electrons. The minimum atomic E-state index is -0.396. The third kappa shape index (κ3) is 4.41. The van der Waals surface area contributed by atoms with Gasteiger partial charge in [-0.2, -0.15) is 0 Å². The fraction of sp³-hybridized carbons (Fsp3) is 0.929. The number of amides is 1. The van der Waals surface area contributed by atoms with Crippen LogP contribution in [0.2, 0.25) is 0 Å². The molecule has 2 heterocycles. The van der Waals surface area contributed by atoms with Crippen LogP contribution in [0.25, 0.3) is 0 Å². The summed E-state index contributed by atoms with van der Waals surface area (Å²) in [5, 5.41) is 3.10. The first-order valence-electron chi connectivity index (χ1n) is 7.55. The van der Waals surface area contributed by atoms with E-state index in [2.05, 4.69) is 10.2 Å². The van der Waals surface area contributed by atoms with Crippen LogP contribution in [0.3, 0.4) is 0 Å². The molecule has 0 spiro atoms. The average molecular weight is 285 g/mol. The number of ether oxygens (including phenoxy) is 2. The van der Waals surface area contributed by atoms with Crippen LogP contribution in [0.1, 0.15) is 19.3 Å². The maximum Gasteiger partial charge on any atom is 0.237 e. The summed E-state index contributed by atoms with van der Waals surface area (Å²) in [6, 6.07) is -0.169. The molecular weight excluding hydrogens is 258 g/mol. The number of carbonyl (C=O) groups excluding carboxylic acids is 1. The number of rotatable bonds is 6. The molecule has 2 rings (SSSR count). The summed E-state index contributed by atoms with van der Waals surface area (Å²) in [6.45, 7) is 5.02. The molecule has 0 radical (unpaired) electrons. The molecule has 2 aliphatic heterocycles. The molecule has 1 amide bonds.